The summed E-state index contributed by atoms with van der Waals surface area (Å²) in [6, 6.07) is 8.49. The second kappa shape index (κ2) is 9.28. The van der Waals surface area contributed by atoms with E-state index in [2.05, 4.69) is 55.4 Å². The van der Waals surface area contributed by atoms with E-state index in [9.17, 15) is 5.11 Å². The summed E-state index contributed by atoms with van der Waals surface area (Å²) in [7, 11) is 3.89. The van der Waals surface area contributed by atoms with Crippen molar-refractivity contribution in [2.75, 3.05) is 27.3 Å². The Morgan fingerprint density at radius 2 is 2.18 bits per heavy atom. The molecule has 0 aliphatic carbocycles. The first-order valence-corrected chi connectivity index (χ1v) is 12.1. The Morgan fingerprint density at radius 3 is 2.91 bits per heavy atom. The highest BCUT2D eigenvalue weighted by molar-refractivity contribution is 7.09. The van der Waals surface area contributed by atoms with E-state index in [0.29, 0.717) is 11.6 Å². The van der Waals surface area contributed by atoms with Gasteiger partial charge in [-0.2, -0.15) is 0 Å². The fraction of sp³-hybridized carbons (Fsp3) is 0.346. The second-order valence-electron chi connectivity index (χ2n) is 8.68. The molecule has 34 heavy (non-hydrogen) atoms. The van der Waals surface area contributed by atoms with E-state index in [0.717, 1.165) is 41.7 Å². The van der Waals surface area contributed by atoms with E-state index in [4.69, 9.17) is 4.74 Å². The van der Waals surface area contributed by atoms with Gasteiger partial charge >= 0.3 is 0 Å². The maximum atomic E-state index is 10.8. The number of aryl methyl sites for hydroxylation is 1. The molecular weight excluding hydrogens is 446 g/mol. The molecule has 3 aromatic heterocycles. The molecule has 174 valence electrons. The van der Waals surface area contributed by atoms with Crippen LogP contribution in [-0.4, -0.2) is 56.8 Å². The van der Waals surface area contributed by atoms with Gasteiger partial charge in [-0.25, -0.2) is 15.0 Å². The van der Waals surface area contributed by atoms with Crippen molar-refractivity contribution in [1.29, 1.82) is 0 Å². The number of hydrogen-bond donors (Lipinski definition) is 1. The van der Waals surface area contributed by atoms with E-state index < -0.39 is 5.60 Å². The van der Waals surface area contributed by atoms with Gasteiger partial charge in [-0.15, -0.1) is 11.3 Å². The number of ether oxygens (including phenoxy) is 1. The summed E-state index contributed by atoms with van der Waals surface area (Å²) < 4.78 is 7.73. The van der Waals surface area contributed by atoms with Crippen molar-refractivity contribution in [2.45, 2.75) is 31.5 Å². The lowest BCUT2D eigenvalue weighted by Gasteiger charge is -2.24. The second-order valence-corrected chi connectivity index (χ2v) is 9.57. The van der Waals surface area contributed by atoms with E-state index in [1.807, 2.05) is 17.5 Å². The highest BCUT2D eigenvalue weighted by Crippen LogP contribution is 2.44. The third-order valence-corrected chi connectivity index (χ3v) is 7.35. The molecule has 0 spiro atoms. The number of hydrogen-bond acceptors (Lipinski definition) is 7. The molecule has 5 rings (SSSR count). The zero-order valence-electron chi connectivity index (χ0n) is 19.5. The van der Waals surface area contributed by atoms with Gasteiger partial charge in [-0.3, -0.25) is 4.90 Å². The molecule has 1 aliphatic heterocycles. The molecule has 0 bridgehead atoms. The van der Waals surface area contributed by atoms with Crippen molar-refractivity contribution in [3.05, 3.63) is 64.6 Å². The van der Waals surface area contributed by atoms with E-state index >= 15 is 0 Å². The SMILES string of the molecule is COCCN(C)C1CCn2c1c(-c1ccncn1)c1cc(C#CC(C)(O)c3nccs3)ccc12. The zero-order chi connectivity index (χ0) is 23.7. The number of rotatable bonds is 6. The van der Waals surface area contributed by atoms with Crippen LogP contribution in [0.2, 0.25) is 0 Å². The Balaban J connectivity index is 1.62. The molecule has 0 saturated carbocycles. The van der Waals surface area contributed by atoms with Crippen LogP contribution in [0.4, 0.5) is 0 Å². The zero-order valence-corrected chi connectivity index (χ0v) is 20.3. The number of aromatic nitrogens is 4. The first-order chi connectivity index (χ1) is 16.5. The first-order valence-electron chi connectivity index (χ1n) is 11.3. The van der Waals surface area contributed by atoms with Crippen LogP contribution in [0.25, 0.3) is 22.2 Å². The molecule has 0 radical (unpaired) electrons. The van der Waals surface area contributed by atoms with Gasteiger partial charge in [0.1, 0.15) is 11.3 Å². The lowest BCUT2D eigenvalue weighted by molar-refractivity contribution is 0.122. The fourth-order valence-corrected chi connectivity index (χ4v) is 5.32. The summed E-state index contributed by atoms with van der Waals surface area (Å²) in [5, 5.41) is 14.3. The minimum Gasteiger partial charge on any atom is -0.383 e. The summed E-state index contributed by atoms with van der Waals surface area (Å²) in [5.74, 6) is 6.17. The molecule has 1 aliphatic rings. The number of benzene rings is 1. The van der Waals surface area contributed by atoms with Crippen molar-refractivity contribution >= 4 is 22.2 Å². The van der Waals surface area contributed by atoms with Gasteiger partial charge in [0, 0.05) is 65.7 Å². The Bertz CT molecular complexity index is 1350. The van der Waals surface area contributed by atoms with Gasteiger partial charge in [-0.1, -0.05) is 11.8 Å². The largest absolute Gasteiger partial charge is 0.383 e. The molecule has 1 N–H and O–H groups in total. The molecule has 1 aromatic carbocycles. The molecule has 0 saturated heterocycles. The van der Waals surface area contributed by atoms with Crippen LogP contribution in [0.1, 0.15) is 35.7 Å². The van der Waals surface area contributed by atoms with Crippen LogP contribution in [0, 0.1) is 11.8 Å². The van der Waals surface area contributed by atoms with Gasteiger partial charge in [0.2, 0.25) is 0 Å². The Morgan fingerprint density at radius 1 is 1.29 bits per heavy atom. The molecule has 4 heterocycles. The van der Waals surface area contributed by atoms with Gasteiger partial charge in [-0.05, 0) is 44.7 Å². The summed E-state index contributed by atoms with van der Waals surface area (Å²) in [4.78, 5) is 15.3. The normalized spacial score (nSPS) is 16.9. The molecule has 8 heteroatoms. The average Bonchev–Trinajstić information content (AvgIpc) is 3.59. The Hall–Kier alpha value is -3.09. The van der Waals surface area contributed by atoms with Crippen LogP contribution in [0.3, 0.4) is 0 Å². The van der Waals surface area contributed by atoms with Crippen LogP contribution in [0.15, 0.2) is 48.4 Å². The van der Waals surface area contributed by atoms with Gasteiger partial charge in [0.05, 0.1) is 18.3 Å². The van der Waals surface area contributed by atoms with E-state index in [1.165, 1.54) is 22.5 Å². The molecular formula is C26H27N5O2S. The number of methoxy groups -OCH3 is 1. The Kier molecular flexibility index (Phi) is 6.19. The van der Waals surface area contributed by atoms with Crippen molar-refractivity contribution in [3.63, 3.8) is 0 Å². The van der Waals surface area contributed by atoms with Crippen LogP contribution < -0.4 is 0 Å². The van der Waals surface area contributed by atoms with Gasteiger partial charge < -0.3 is 14.4 Å². The van der Waals surface area contributed by atoms with Crippen LogP contribution >= 0.6 is 11.3 Å². The van der Waals surface area contributed by atoms with Crippen LogP contribution in [-0.2, 0) is 16.9 Å². The molecule has 0 amide bonds. The van der Waals surface area contributed by atoms with Gasteiger partial charge in [0.25, 0.3) is 0 Å². The third kappa shape index (κ3) is 4.12. The minimum absolute atomic E-state index is 0.271. The van der Waals surface area contributed by atoms with E-state index in [-0.39, 0.29) is 6.04 Å². The lowest BCUT2D eigenvalue weighted by Crippen LogP contribution is -2.27. The minimum atomic E-state index is -1.30. The molecule has 2 atom stereocenters. The Labute approximate surface area is 203 Å². The third-order valence-electron chi connectivity index (χ3n) is 6.36. The number of nitrogens with zero attached hydrogens (tertiary/aromatic N) is 5. The van der Waals surface area contributed by atoms with Gasteiger partial charge in [0.15, 0.2) is 5.60 Å². The standard InChI is InChI=1S/C26H27N5O2S/c1-26(32,25-28-11-15-34-25)9-6-18-4-5-21-19(16-18)23(20-7-10-27-17-29-20)24-22(8-12-31(21)24)30(2)13-14-33-3/h4-5,7,10-11,15-17,22,32H,8,12-14H2,1-3H3. The fourth-order valence-electron chi connectivity index (χ4n) is 4.67. The quantitative estimate of drug-likeness (QED) is 0.429. The number of likely N-dealkylation sites (N-methyl/N-ethyl adjacent to an activating group) is 1. The monoisotopic (exact) mass is 473 g/mol. The molecule has 2 unspecified atom stereocenters. The van der Waals surface area contributed by atoms with Crippen molar-refractivity contribution in [2.24, 2.45) is 0 Å². The van der Waals surface area contributed by atoms with Crippen molar-refractivity contribution in [3.8, 4) is 23.1 Å². The lowest BCUT2D eigenvalue weighted by atomic mass is 10.00. The van der Waals surface area contributed by atoms with Crippen LogP contribution in [0.5, 0.6) is 0 Å². The predicted molar refractivity (Wildman–Crippen MR) is 133 cm³/mol. The van der Waals surface area contributed by atoms with E-state index in [1.54, 1.807) is 32.8 Å². The number of thiazole rings is 1. The maximum absolute atomic E-state index is 10.8. The van der Waals surface area contributed by atoms with Crippen molar-refractivity contribution < 1.29 is 9.84 Å². The average molecular weight is 474 g/mol. The van der Waals surface area contributed by atoms with Crippen molar-refractivity contribution in [1.82, 2.24) is 24.4 Å². The summed E-state index contributed by atoms with van der Waals surface area (Å²) in [6.45, 7) is 4.17. The summed E-state index contributed by atoms with van der Waals surface area (Å²) in [5.41, 5.74) is 4.01. The summed E-state index contributed by atoms with van der Waals surface area (Å²) in [6.07, 6.45) is 6.10. The number of fused-ring (bicyclic) bond motifs is 3. The smallest absolute Gasteiger partial charge is 0.174 e. The maximum Gasteiger partial charge on any atom is 0.174 e. The number of aliphatic hydroxyl groups is 1. The highest BCUT2D eigenvalue weighted by atomic mass is 32.1. The highest BCUT2D eigenvalue weighted by Gasteiger charge is 2.33. The molecule has 4 aromatic rings. The molecule has 0 fully saturated rings. The first kappa shape index (κ1) is 22.7. The predicted octanol–water partition coefficient (Wildman–Crippen LogP) is 3.84. The topological polar surface area (TPSA) is 76.3 Å². The summed E-state index contributed by atoms with van der Waals surface area (Å²) >= 11 is 1.40. The molecule has 7 nitrogen and oxygen atoms in total.